The number of benzene rings is 3. The lowest BCUT2D eigenvalue weighted by Gasteiger charge is -2.36. The van der Waals surface area contributed by atoms with Crippen LogP contribution >= 0.6 is 23.2 Å². The lowest BCUT2D eigenvalue weighted by molar-refractivity contribution is 0.0540. The van der Waals surface area contributed by atoms with E-state index in [9.17, 15) is 19.5 Å². The number of carbonyl (C=O) groups excluding carboxylic acids is 2. The maximum atomic E-state index is 13.7. The summed E-state index contributed by atoms with van der Waals surface area (Å²) < 4.78 is 5.45. The number of nitrogens with zero attached hydrogens (tertiary/aromatic N) is 4. The molecular formula is C33H33Cl2N5O5. The second-order valence-corrected chi connectivity index (χ2v) is 12.7. The second kappa shape index (κ2) is 12.2. The summed E-state index contributed by atoms with van der Waals surface area (Å²) in [6, 6.07) is 14.8. The molecule has 1 saturated carbocycles. The van der Waals surface area contributed by atoms with Crippen molar-refractivity contribution < 1.29 is 24.2 Å². The van der Waals surface area contributed by atoms with Gasteiger partial charge in [0.1, 0.15) is 0 Å². The monoisotopic (exact) mass is 649 g/mol. The number of ether oxygens (including phenoxy) is 1. The van der Waals surface area contributed by atoms with Crippen LogP contribution in [-0.4, -0.2) is 91.3 Å². The van der Waals surface area contributed by atoms with Crippen LogP contribution < -0.4 is 15.2 Å². The van der Waals surface area contributed by atoms with E-state index in [1.807, 2.05) is 23.1 Å². The molecule has 0 aromatic heterocycles. The number of amides is 2. The Morgan fingerprint density at radius 3 is 2.27 bits per heavy atom. The van der Waals surface area contributed by atoms with Crippen molar-refractivity contribution >= 4 is 52.4 Å². The van der Waals surface area contributed by atoms with Crippen LogP contribution in [0.2, 0.25) is 10.0 Å². The number of fused-ring (bicyclic) bond motifs is 1. The number of hydrogen-bond acceptors (Lipinski definition) is 7. The van der Waals surface area contributed by atoms with Crippen LogP contribution in [0.5, 0.6) is 0 Å². The zero-order valence-electron chi connectivity index (χ0n) is 24.6. The summed E-state index contributed by atoms with van der Waals surface area (Å²) in [4.78, 5) is 46.1. The molecule has 1 aliphatic carbocycles. The van der Waals surface area contributed by atoms with Gasteiger partial charge in [-0.15, -0.1) is 0 Å². The topological polar surface area (TPSA) is 106 Å². The quantitative estimate of drug-likeness (QED) is 0.393. The van der Waals surface area contributed by atoms with E-state index in [4.69, 9.17) is 27.9 Å². The van der Waals surface area contributed by atoms with Gasteiger partial charge in [0.2, 0.25) is 0 Å². The lowest BCUT2D eigenvalue weighted by Crippen LogP contribution is -2.49. The molecule has 4 aliphatic rings. The zero-order chi connectivity index (χ0) is 31.2. The van der Waals surface area contributed by atoms with Crippen molar-refractivity contribution in [1.82, 2.24) is 15.3 Å². The van der Waals surface area contributed by atoms with Crippen molar-refractivity contribution in [2.24, 2.45) is 0 Å². The number of carbonyl (C=O) groups is 3. The van der Waals surface area contributed by atoms with Crippen molar-refractivity contribution in [2.75, 3.05) is 62.3 Å². The fraction of sp³-hybridized carbons (Fsp3) is 0.364. The molecular weight excluding hydrogens is 617 g/mol. The Morgan fingerprint density at radius 1 is 0.889 bits per heavy atom. The molecule has 3 aromatic rings. The Bertz CT molecular complexity index is 1660. The number of hydrazine groups is 1. The van der Waals surface area contributed by atoms with Crippen LogP contribution in [-0.2, 0) is 11.3 Å². The number of anilines is 2. The Hall–Kier alpha value is -3.83. The lowest BCUT2D eigenvalue weighted by atomic mass is 9.92. The average Bonchev–Trinajstić information content (AvgIpc) is 3.90. The smallest absolute Gasteiger partial charge is 0.337 e. The maximum absolute atomic E-state index is 13.7. The van der Waals surface area contributed by atoms with E-state index >= 15 is 0 Å². The van der Waals surface area contributed by atoms with Crippen molar-refractivity contribution in [3.8, 4) is 11.1 Å². The minimum absolute atomic E-state index is 0.106. The molecule has 3 fully saturated rings. The first-order valence-electron chi connectivity index (χ1n) is 15.2. The van der Waals surface area contributed by atoms with Crippen LogP contribution in [0.4, 0.5) is 11.4 Å². The third-order valence-corrected chi connectivity index (χ3v) is 9.66. The number of hydrogen-bond donors (Lipinski definition) is 2. The predicted molar refractivity (Wildman–Crippen MR) is 172 cm³/mol. The number of aromatic carboxylic acids is 1. The summed E-state index contributed by atoms with van der Waals surface area (Å²) in [5, 5.41) is 11.5. The number of rotatable bonds is 6. The first-order valence-corrected chi connectivity index (χ1v) is 16.0. The van der Waals surface area contributed by atoms with E-state index in [0.717, 1.165) is 37.9 Å². The third-order valence-electron chi connectivity index (χ3n) is 9.06. The van der Waals surface area contributed by atoms with E-state index in [1.54, 1.807) is 30.3 Å². The van der Waals surface area contributed by atoms with E-state index in [1.165, 1.54) is 17.9 Å². The Kier molecular flexibility index (Phi) is 8.07. The first-order chi connectivity index (χ1) is 21.8. The molecule has 0 atom stereocenters. The van der Waals surface area contributed by atoms with Gasteiger partial charge in [-0.25, -0.2) is 9.80 Å². The van der Waals surface area contributed by atoms with Crippen LogP contribution in [0.3, 0.4) is 0 Å². The number of piperazine rings is 1. The number of carboxylic acids is 1. The molecule has 0 spiro atoms. The first kappa shape index (κ1) is 29.9. The Morgan fingerprint density at radius 2 is 1.60 bits per heavy atom. The molecule has 0 unspecified atom stereocenters. The van der Waals surface area contributed by atoms with Gasteiger partial charge in [-0.05, 0) is 53.8 Å². The number of morpholine rings is 1. The van der Waals surface area contributed by atoms with Gasteiger partial charge in [-0.2, -0.15) is 0 Å². The normalized spacial score (nSPS) is 18.9. The molecule has 0 bridgehead atoms. The van der Waals surface area contributed by atoms with Gasteiger partial charge in [0.15, 0.2) is 0 Å². The van der Waals surface area contributed by atoms with Gasteiger partial charge in [0, 0.05) is 51.0 Å². The fourth-order valence-electron chi connectivity index (χ4n) is 6.56. The molecule has 12 heteroatoms. The second-order valence-electron chi connectivity index (χ2n) is 11.8. The van der Waals surface area contributed by atoms with Crippen LogP contribution in [0.25, 0.3) is 11.1 Å². The van der Waals surface area contributed by atoms with Gasteiger partial charge in [-0.3, -0.25) is 19.9 Å². The minimum atomic E-state index is -1.02. The highest BCUT2D eigenvalue weighted by atomic mass is 35.5. The van der Waals surface area contributed by atoms with Gasteiger partial charge in [0.05, 0.1) is 52.2 Å². The van der Waals surface area contributed by atoms with Crippen molar-refractivity contribution in [2.45, 2.75) is 25.4 Å². The van der Waals surface area contributed by atoms with Gasteiger partial charge < -0.3 is 19.6 Å². The van der Waals surface area contributed by atoms with Crippen molar-refractivity contribution in [3.05, 3.63) is 80.8 Å². The van der Waals surface area contributed by atoms with E-state index < -0.39 is 17.8 Å². The molecule has 3 heterocycles. The SMILES string of the molecule is O=C(O)c1ccc(-c2cccc3c2C(=O)NN(C(=O)c2c(Cl)cc(N4CCN(C5CC5)CC4)cc2Cl)C3)cc1N1CCOCC1. The molecule has 2 saturated heterocycles. The molecule has 7 rings (SSSR count). The highest BCUT2D eigenvalue weighted by Crippen LogP contribution is 2.36. The summed E-state index contributed by atoms with van der Waals surface area (Å²) in [7, 11) is 0. The largest absolute Gasteiger partial charge is 0.478 e. The van der Waals surface area contributed by atoms with Gasteiger partial charge in [0.25, 0.3) is 11.8 Å². The molecule has 2 amide bonds. The van der Waals surface area contributed by atoms with Crippen LogP contribution in [0, 0.1) is 0 Å². The maximum Gasteiger partial charge on any atom is 0.337 e. The molecule has 234 valence electrons. The molecule has 2 N–H and O–H groups in total. The Labute approximate surface area is 271 Å². The molecule has 10 nitrogen and oxygen atoms in total. The summed E-state index contributed by atoms with van der Waals surface area (Å²) in [6.45, 7) is 5.95. The van der Waals surface area contributed by atoms with Gasteiger partial charge >= 0.3 is 5.97 Å². The Balaban J connectivity index is 1.13. The van der Waals surface area contributed by atoms with E-state index in [-0.39, 0.29) is 27.7 Å². The predicted octanol–water partition coefficient (Wildman–Crippen LogP) is 4.78. The highest BCUT2D eigenvalue weighted by molar-refractivity contribution is 6.40. The molecule has 0 radical (unpaired) electrons. The van der Waals surface area contributed by atoms with Crippen molar-refractivity contribution in [1.29, 1.82) is 0 Å². The van der Waals surface area contributed by atoms with E-state index in [0.29, 0.717) is 54.2 Å². The van der Waals surface area contributed by atoms with Gasteiger partial charge in [-0.1, -0.05) is 47.5 Å². The zero-order valence-corrected chi connectivity index (χ0v) is 26.1. The average molecular weight is 651 g/mol. The third kappa shape index (κ3) is 5.83. The fourth-order valence-corrected chi connectivity index (χ4v) is 7.20. The standard InChI is InChI=1S/C33H33Cl2N5O5/c34-26-17-23(38-10-8-37(9-11-38)22-5-6-22)18-27(35)30(26)32(42)40-19-21-2-1-3-24(29(21)31(41)36-40)20-4-7-25(33(43)44)28(16-20)39-12-14-45-15-13-39/h1-4,7,16-18,22H,5-6,8-15,19H2,(H,36,41)(H,43,44). The highest BCUT2D eigenvalue weighted by Gasteiger charge is 2.34. The minimum Gasteiger partial charge on any atom is -0.478 e. The molecule has 3 aliphatic heterocycles. The van der Waals surface area contributed by atoms with E-state index in [2.05, 4.69) is 15.2 Å². The number of halogens is 2. The summed E-state index contributed by atoms with van der Waals surface area (Å²) in [6.07, 6.45) is 2.56. The summed E-state index contributed by atoms with van der Waals surface area (Å²) in [5.74, 6) is -1.97. The van der Waals surface area contributed by atoms with Crippen LogP contribution in [0.15, 0.2) is 48.5 Å². The number of nitrogens with one attached hydrogen (secondary N) is 1. The van der Waals surface area contributed by atoms with Crippen molar-refractivity contribution in [3.63, 3.8) is 0 Å². The molecule has 3 aromatic carbocycles. The summed E-state index contributed by atoms with van der Waals surface area (Å²) >= 11 is 13.4. The van der Waals surface area contributed by atoms with Crippen LogP contribution in [0.1, 0.15) is 49.5 Å². The number of carboxylic acid groups (broad SMARTS) is 1. The summed E-state index contributed by atoms with van der Waals surface area (Å²) in [5.41, 5.74) is 6.93. The molecule has 45 heavy (non-hydrogen) atoms.